The van der Waals surface area contributed by atoms with Crippen molar-refractivity contribution in [2.75, 3.05) is 36.4 Å². The molecule has 1 aliphatic heterocycles. The van der Waals surface area contributed by atoms with Crippen LogP contribution < -0.4 is 14.9 Å². The monoisotopic (exact) mass is 498 g/mol. The van der Waals surface area contributed by atoms with Crippen molar-refractivity contribution in [3.8, 4) is 0 Å². The van der Waals surface area contributed by atoms with Gasteiger partial charge in [-0.15, -0.1) is 0 Å². The van der Waals surface area contributed by atoms with Crippen LogP contribution in [-0.4, -0.2) is 57.4 Å². The molecule has 2 aromatic carbocycles. The summed E-state index contributed by atoms with van der Waals surface area (Å²) in [6.07, 6.45) is -4.44. The number of nitrogens with zero attached hydrogens (tertiary/aromatic N) is 2. The molecule has 184 valence electrons. The number of alkyl halides is 3. The van der Waals surface area contributed by atoms with E-state index in [1.54, 1.807) is 11.0 Å². The highest BCUT2D eigenvalue weighted by molar-refractivity contribution is 7.89. The normalized spacial score (nSPS) is 15.7. The third-order valence-corrected chi connectivity index (χ3v) is 6.87. The molecule has 8 nitrogen and oxygen atoms in total. The minimum Gasteiger partial charge on any atom is -0.368 e. The van der Waals surface area contributed by atoms with E-state index in [1.807, 2.05) is 0 Å². The number of rotatable bonds is 6. The number of carbonyl (C=O) groups excluding carboxylic acids is 2. The van der Waals surface area contributed by atoms with E-state index in [1.165, 1.54) is 49.1 Å². The molecule has 0 saturated carbocycles. The number of piperazine rings is 1. The van der Waals surface area contributed by atoms with Crippen molar-refractivity contribution in [3.05, 3.63) is 54.1 Å². The number of carbonyl (C=O) groups is 2. The molecule has 12 heteroatoms. The molecule has 0 spiro atoms. The Kier molecular flexibility index (Phi) is 7.51. The molecule has 2 amide bonds. The molecule has 2 N–H and O–H groups in total. The molecule has 1 atom stereocenters. The molecule has 1 aliphatic rings. The maximum absolute atomic E-state index is 13.0. The second-order valence-electron chi connectivity index (χ2n) is 7.91. The SMILES string of the molecule is CC(=O)Nc1ccc(S(=O)(=O)N[C@H](C)C(=O)N2CCN(c3cccc(C(F)(F)F)c3)CC2)cc1. The zero-order valence-corrected chi connectivity index (χ0v) is 19.4. The quantitative estimate of drug-likeness (QED) is 0.638. The number of hydrogen-bond acceptors (Lipinski definition) is 5. The second-order valence-corrected chi connectivity index (χ2v) is 9.62. The molecular formula is C22H25F3N4O4S. The van der Waals surface area contributed by atoms with E-state index in [4.69, 9.17) is 0 Å². The summed E-state index contributed by atoms with van der Waals surface area (Å²) < 4.78 is 66.6. The first-order valence-electron chi connectivity index (χ1n) is 10.5. The first-order chi connectivity index (χ1) is 15.9. The predicted molar refractivity (Wildman–Crippen MR) is 121 cm³/mol. The van der Waals surface area contributed by atoms with Gasteiger partial charge in [0, 0.05) is 44.5 Å². The van der Waals surface area contributed by atoms with E-state index in [9.17, 15) is 31.2 Å². The summed E-state index contributed by atoms with van der Waals surface area (Å²) in [7, 11) is -3.99. The fraction of sp³-hybridized carbons (Fsp3) is 0.364. The first kappa shape index (κ1) is 25.5. The van der Waals surface area contributed by atoms with Crippen molar-refractivity contribution in [1.29, 1.82) is 0 Å². The number of anilines is 2. The van der Waals surface area contributed by atoms with Crippen LogP contribution in [-0.2, 0) is 25.8 Å². The largest absolute Gasteiger partial charge is 0.416 e. The van der Waals surface area contributed by atoms with Gasteiger partial charge in [-0.2, -0.15) is 17.9 Å². The standard InChI is InChI=1S/C22H25F3N4O4S/c1-15(27-34(32,33)20-8-6-18(7-9-20)26-16(2)30)21(31)29-12-10-28(11-13-29)19-5-3-4-17(14-19)22(23,24)25/h3-9,14-15,27H,10-13H2,1-2H3,(H,26,30)/t15-/m1/s1. The van der Waals surface area contributed by atoms with E-state index in [0.29, 0.717) is 24.5 Å². The molecular weight excluding hydrogens is 473 g/mol. The van der Waals surface area contributed by atoms with E-state index in [2.05, 4.69) is 10.0 Å². The van der Waals surface area contributed by atoms with E-state index < -0.39 is 33.7 Å². The fourth-order valence-corrected chi connectivity index (χ4v) is 4.81. The Labute approximate surface area is 195 Å². The maximum atomic E-state index is 13.0. The molecule has 0 radical (unpaired) electrons. The van der Waals surface area contributed by atoms with Gasteiger partial charge in [-0.1, -0.05) is 6.07 Å². The zero-order chi connectivity index (χ0) is 25.1. The fourth-order valence-electron chi connectivity index (χ4n) is 3.61. The second kappa shape index (κ2) is 10.0. The van der Waals surface area contributed by atoms with Gasteiger partial charge < -0.3 is 15.1 Å². The number of amides is 2. The molecule has 0 unspecified atom stereocenters. The summed E-state index contributed by atoms with van der Waals surface area (Å²) in [6.45, 7) is 3.89. The summed E-state index contributed by atoms with van der Waals surface area (Å²) in [4.78, 5) is 27.1. The van der Waals surface area contributed by atoms with Crippen LogP contribution in [0.4, 0.5) is 24.5 Å². The number of halogens is 3. The molecule has 1 heterocycles. The van der Waals surface area contributed by atoms with Crippen LogP contribution in [0.5, 0.6) is 0 Å². The predicted octanol–water partition coefficient (Wildman–Crippen LogP) is 2.68. The molecule has 0 aromatic heterocycles. The minimum atomic E-state index is -4.44. The topological polar surface area (TPSA) is 98.8 Å². The molecule has 1 fully saturated rings. The third-order valence-electron chi connectivity index (χ3n) is 5.32. The maximum Gasteiger partial charge on any atom is 0.416 e. The average Bonchev–Trinajstić information content (AvgIpc) is 2.78. The van der Waals surface area contributed by atoms with Gasteiger partial charge in [0.2, 0.25) is 21.8 Å². The van der Waals surface area contributed by atoms with Crippen molar-refractivity contribution in [2.24, 2.45) is 0 Å². The van der Waals surface area contributed by atoms with Crippen molar-refractivity contribution in [2.45, 2.75) is 31.0 Å². The zero-order valence-electron chi connectivity index (χ0n) is 18.6. The lowest BCUT2D eigenvalue weighted by atomic mass is 10.1. The van der Waals surface area contributed by atoms with Gasteiger partial charge in [0.05, 0.1) is 16.5 Å². The number of nitrogens with one attached hydrogen (secondary N) is 2. The van der Waals surface area contributed by atoms with Gasteiger partial charge in [-0.25, -0.2) is 8.42 Å². The highest BCUT2D eigenvalue weighted by Crippen LogP contribution is 2.32. The number of sulfonamides is 1. The summed E-state index contributed by atoms with van der Waals surface area (Å²) in [6, 6.07) is 9.48. The first-order valence-corrected chi connectivity index (χ1v) is 12.0. The molecule has 0 aliphatic carbocycles. The van der Waals surface area contributed by atoms with E-state index >= 15 is 0 Å². The Morgan fingerprint density at radius 2 is 1.62 bits per heavy atom. The van der Waals surface area contributed by atoms with E-state index in [-0.39, 0.29) is 23.9 Å². The third kappa shape index (κ3) is 6.26. The lowest BCUT2D eigenvalue weighted by Crippen LogP contribution is -2.54. The van der Waals surface area contributed by atoms with Crippen LogP contribution in [0, 0.1) is 0 Å². The van der Waals surface area contributed by atoms with Crippen molar-refractivity contribution in [1.82, 2.24) is 9.62 Å². The van der Waals surface area contributed by atoms with Crippen LogP contribution >= 0.6 is 0 Å². The van der Waals surface area contributed by atoms with Gasteiger partial charge in [0.25, 0.3) is 0 Å². The molecule has 1 saturated heterocycles. The average molecular weight is 499 g/mol. The Hall–Kier alpha value is -3.12. The minimum absolute atomic E-state index is 0.0596. The summed E-state index contributed by atoms with van der Waals surface area (Å²) in [5, 5.41) is 2.54. The van der Waals surface area contributed by atoms with Gasteiger partial charge in [-0.3, -0.25) is 9.59 Å². The van der Waals surface area contributed by atoms with Crippen LogP contribution in [0.3, 0.4) is 0 Å². The summed E-state index contributed by atoms with van der Waals surface area (Å²) in [5.74, 6) is -0.719. The lowest BCUT2D eigenvalue weighted by molar-refractivity contribution is -0.137. The van der Waals surface area contributed by atoms with Gasteiger partial charge in [-0.05, 0) is 49.4 Å². The van der Waals surface area contributed by atoms with E-state index in [0.717, 1.165) is 12.1 Å². The Morgan fingerprint density at radius 3 is 2.18 bits per heavy atom. The van der Waals surface area contributed by atoms with Crippen LogP contribution in [0.2, 0.25) is 0 Å². The molecule has 2 aromatic rings. The summed E-state index contributed by atoms with van der Waals surface area (Å²) in [5.41, 5.74) is 0.115. The van der Waals surface area contributed by atoms with Crippen LogP contribution in [0.1, 0.15) is 19.4 Å². The smallest absolute Gasteiger partial charge is 0.368 e. The Bertz CT molecular complexity index is 1150. The van der Waals surface area contributed by atoms with Crippen molar-refractivity contribution < 1.29 is 31.2 Å². The highest BCUT2D eigenvalue weighted by Gasteiger charge is 2.32. The molecule has 0 bridgehead atoms. The van der Waals surface area contributed by atoms with Gasteiger partial charge in [0.15, 0.2) is 0 Å². The lowest BCUT2D eigenvalue weighted by Gasteiger charge is -2.37. The number of hydrogen-bond donors (Lipinski definition) is 2. The van der Waals surface area contributed by atoms with Gasteiger partial charge in [0.1, 0.15) is 0 Å². The van der Waals surface area contributed by atoms with Crippen molar-refractivity contribution >= 4 is 33.2 Å². The van der Waals surface area contributed by atoms with Gasteiger partial charge >= 0.3 is 6.18 Å². The Balaban J connectivity index is 1.59. The highest BCUT2D eigenvalue weighted by atomic mass is 32.2. The molecule has 34 heavy (non-hydrogen) atoms. The number of benzene rings is 2. The molecule has 3 rings (SSSR count). The Morgan fingerprint density at radius 1 is 1.00 bits per heavy atom. The van der Waals surface area contributed by atoms with Crippen molar-refractivity contribution in [3.63, 3.8) is 0 Å². The van der Waals surface area contributed by atoms with Crippen LogP contribution in [0.25, 0.3) is 0 Å². The summed E-state index contributed by atoms with van der Waals surface area (Å²) >= 11 is 0. The van der Waals surface area contributed by atoms with Crippen LogP contribution in [0.15, 0.2) is 53.4 Å².